The summed E-state index contributed by atoms with van der Waals surface area (Å²) in [5.41, 5.74) is 5.12. The Morgan fingerprint density at radius 1 is 0.867 bits per heavy atom. The summed E-state index contributed by atoms with van der Waals surface area (Å²) < 4.78 is 0. The number of hydrogen-bond acceptors (Lipinski definition) is 3. The SMILES string of the molecule is Cc1cccc(N2CC[NH+](CC(=O)N3CCN(c4ccccc4Cl)CC3)CC2)c1C. The molecule has 0 radical (unpaired) electrons. The molecule has 0 aromatic heterocycles. The van der Waals surface area contributed by atoms with Crippen LogP contribution in [0.2, 0.25) is 5.02 Å². The maximum Gasteiger partial charge on any atom is 0.277 e. The van der Waals surface area contributed by atoms with Crippen molar-refractivity contribution in [3.63, 3.8) is 0 Å². The number of hydrogen-bond donors (Lipinski definition) is 1. The Labute approximate surface area is 184 Å². The molecule has 0 aliphatic carbocycles. The molecule has 2 aromatic rings. The Bertz CT molecular complexity index is 887. The Morgan fingerprint density at radius 2 is 1.50 bits per heavy atom. The van der Waals surface area contributed by atoms with Crippen molar-refractivity contribution < 1.29 is 9.69 Å². The lowest BCUT2D eigenvalue weighted by Gasteiger charge is -2.38. The van der Waals surface area contributed by atoms with Gasteiger partial charge in [0.05, 0.1) is 36.9 Å². The first-order chi connectivity index (χ1) is 14.5. The third-order valence-electron chi connectivity index (χ3n) is 6.61. The van der Waals surface area contributed by atoms with Gasteiger partial charge in [0.1, 0.15) is 0 Å². The van der Waals surface area contributed by atoms with Gasteiger partial charge in [-0.2, -0.15) is 0 Å². The van der Waals surface area contributed by atoms with Crippen LogP contribution in [0.5, 0.6) is 0 Å². The number of amides is 1. The predicted molar refractivity (Wildman–Crippen MR) is 124 cm³/mol. The number of nitrogens with one attached hydrogen (secondary N) is 1. The number of nitrogens with zero attached hydrogens (tertiary/aromatic N) is 3. The quantitative estimate of drug-likeness (QED) is 0.809. The molecular weight excluding hydrogens is 396 g/mol. The van der Waals surface area contributed by atoms with Crippen LogP contribution in [0.15, 0.2) is 42.5 Å². The van der Waals surface area contributed by atoms with E-state index in [-0.39, 0.29) is 5.91 Å². The van der Waals surface area contributed by atoms with Crippen LogP contribution >= 0.6 is 11.6 Å². The van der Waals surface area contributed by atoms with Crippen molar-refractivity contribution in [3.05, 3.63) is 58.6 Å². The zero-order chi connectivity index (χ0) is 21.1. The van der Waals surface area contributed by atoms with E-state index in [1.165, 1.54) is 21.7 Å². The third kappa shape index (κ3) is 4.57. The average molecular weight is 428 g/mol. The first-order valence-corrected chi connectivity index (χ1v) is 11.3. The Morgan fingerprint density at radius 3 is 2.20 bits per heavy atom. The number of anilines is 2. The van der Waals surface area contributed by atoms with Gasteiger partial charge in [0.15, 0.2) is 6.54 Å². The van der Waals surface area contributed by atoms with E-state index in [9.17, 15) is 4.79 Å². The highest BCUT2D eigenvalue weighted by Crippen LogP contribution is 2.26. The molecule has 2 aliphatic heterocycles. The van der Waals surface area contributed by atoms with Crippen LogP contribution in [0.4, 0.5) is 11.4 Å². The minimum Gasteiger partial charge on any atom is -0.367 e. The number of rotatable bonds is 4. The fourth-order valence-electron chi connectivity index (χ4n) is 4.55. The highest BCUT2D eigenvalue weighted by atomic mass is 35.5. The normalized spacial score (nSPS) is 18.0. The fourth-order valence-corrected chi connectivity index (χ4v) is 4.80. The van der Waals surface area contributed by atoms with E-state index in [1.807, 2.05) is 23.1 Å². The summed E-state index contributed by atoms with van der Waals surface area (Å²) in [4.78, 5) is 21.0. The molecule has 0 bridgehead atoms. The van der Waals surface area contributed by atoms with Gasteiger partial charge in [-0.3, -0.25) is 4.79 Å². The second-order valence-corrected chi connectivity index (χ2v) is 8.86. The van der Waals surface area contributed by atoms with Gasteiger partial charge in [-0.15, -0.1) is 0 Å². The molecule has 0 atom stereocenters. The van der Waals surface area contributed by atoms with Gasteiger partial charge in [0.25, 0.3) is 5.91 Å². The predicted octanol–water partition coefficient (Wildman–Crippen LogP) is 2.01. The number of aryl methyl sites for hydroxylation is 1. The van der Waals surface area contributed by atoms with Gasteiger partial charge < -0.3 is 19.6 Å². The molecule has 160 valence electrons. The van der Waals surface area contributed by atoms with Gasteiger partial charge >= 0.3 is 0 Å². The Kier molecular flexibility index (Phi) is 6.49. The van der Waals surface area contributed by atoms with Crippen LogP contribution in [0.3, 0.4) is 0 Å². The van der Waals surface area contributed by atoms with Crippen LogP contribution in [0.1, 0.15) is 11.1 Å². The second kappa shape index (κ2) is 9.27. The zero-order valence-electron chi connectivity index (χ0n) is 18.0. The van der Waals surface area contributed by atoms with Crippen molar-refractivity contribution in [2.45, 2.75) is 13.8 Å². The van der Waals surface area contributed by atoms with Crippen molar-refractivity contribution in [1.29, 1.82) is 0 Å². The first kappa shape index (κ1) is 21.0. The zero-order valence-corrected chi connectivity index (χ0v) is 18.8. The van der Waals surface area contributed by atoms with Crippen LogP contribution in [0, 0.1) is 13.8 Å². The lowest BCUT2D eigenvalue weighted by molar-refractivity contribution is -0.892. The molecule has 2 saturated heterocycles. The number of halogens is 1. The Balaban J connectivity index is 1.26. The number of para-hydroxylation sites is 1. The summed E-state index contributed by atoms with van der Waals surface area (Å²) in [5, 5.41) is 0.781. The molecule has 6 heteroatoms. The molecule has 0 unspecified atom stereocenters. The third-order valence-corrected chi connectivity index (χ3v) is 6.93. The fraction of sp³-hybridized carbons (Fsp3) is 0.458. The molecule has 2 aliphatic rings. The molecule has 1 N–H and O–H groups in total. The van der Waals surface area contributed by atoms with Crippen LogP contribution in [-0.4, -0.2) is 69.7 Å². The molecule has 5 nitrogen and oxygen atoms in total. The number of piperazine rings is 2. The maximum absolute atomic E-state index is 12.9. The summed E-state index contributed by atoms with van der Waals surface area (Å²) in [7, 11) is 0. The maximum atomic E-state index is 12.9. The minimum atomic E-state index is 0.281. The van der Waals surface area contributed by atoms with Gasteiger partial charge in [0.2, 0.25) is 0 Å². The van der Waals surface area contributed by atoms with Crippen LogP contribution < -0.4 is 14.7 Å². The molecule has 2 fully saturated rings. The molecule has 30 heavy (non-hydrogen) atoms. The second-order valence-electron chi connectivity index (χ2n) is 8.45. The largest absolute Gasteiger partial charge is 0.367 e. The molecule has 0 spiro atoms. The van der Waals surface area contributed by atoms with E-state index in [1.54, 1.807) is 0 Å². The lowest BCUT2D eigenvalue weighted by Crippen LogP contribution is -3.16. The van der Waals surface area contributed by atoms with Crippen molar-refractivity contribution in [1.82, 2.24) is 4.90 Å². The molecule has 0 saturated carbocycles. The van der Waals surface area contributed by atoms with Crippen molar-refractivity contribution in [2.75, 3.05) is 68.7 Å². The van der Waals surface area contributed by atoms with Gasteiger partial charge in [-0.05, 0) is 43.2 Å². The summed E-state index contributed by atoms with van der Waals surface area (Å²) in [5.74, 6) is 0.281. The first-order valence-electron chi connectivity index (χ1n) is 10.9. The minimum absolute atomic E-state index is 0.281. The van der Waals surface area contributed by atoms with E-state index >= 15 is 0 Å². The van der Waals surface area contributed by atoms with E-state index < -0.39 is 0 Å². The summed E-state index contributed by atoms with van der Waals surface area (Å²) in [6.07, 6.45) is 0. The highest BCUT2D eigenvalue weighted by Gasteiger charge is 2.28. The number of quaternary nitrogens is 1. The van der Waals surface area contributed by atoms with Crippen LogP contribution in [0.25, 0.3) is 0 Å². The molecule has 2 heterocycles. The monoisotopic (exact) mass is 427 g/mol. The lowest BCUT2D eigenvalue weighted by atomic mass is 10.1. The molecule has 4 rings (SSSR count). The topological polar surface area (TPSA) is 31.2 Å². The van der Waals surface area contributed by atoms with E-state index in [2.05, 4.69) is 47.9 Å². The number of carbonyl (C=O) groups is 1. The standard InChI is InChI=1S/C24H31ClN4O/c1-19-6-5-9-22(20(19)2)27-12-10-26(11-13-27)18-24(30)29-16-14-28(15-17-29)23-8-4-3-7-21(23)25/h3-9H,10-18H2,1-2H3/p+1. The van der Waals surface area contributed by atoms with Gasteiger partial charge in [0, 0.05) is 31.9 Å². The van der Waals surface area contributed by atoms with E-state index in [4.69, 9.17) is 11.6 Å². The van der Waals surface area contributed by atoms with Crippen molar-refractivity contribution in [3.8, 4) is 0 Å². The summed E-state index contributed by atoms with van der Waals surface area (Å²) >= 11 is 6.33. The summed E-state index contributed by atoms with van der Waals surface area (Å²) in [6.45, 7) is 12.2. The van der Waals surface area contributed by atoms with Gasteiger partial charge in [-0.25, -0.2) is 0 Å². The highest BCUT2D eigenvalue weighted by molar-refractivity contribution is 6.33. The van der Waals surface area contributed by atoms with E-state index in [0.29, 0.717) is 6.54 Å². The molecule has 1 amide bonds. The van der Waals surface area contributed by atoms with Gasteiger partial charge in [-0.1, -0.05) is 35.9 Å². The van der Waals surface area contributed by atoms with Crippen LogP contribution in [-0.2, 0) is 4.79 Å². The van der Waals surface area contributed by atoms with E-state index in [0.717, 1.165) is 63.1 Å². The number of benzene rings is 2. The molecule has 2 aromatic carbocycles. The molecular formula is C24H32ClN4O+. The smallest absolute Gasteiger partial charge is 0.277 e. The summed E-state index contributed by atoms with van der Waals surface area (Å²) in [6, 6.07) is 14.5. The average Bonchev–Trinajstić information content (AvgIpc) is 2.77. The van der Waals surface area contributed by atoms with Crippen molar-refractivity contribution in [2.24, 2.45) is 0 Å². The number of carbonyl (C=O) groups excluding carboxylic acids is 1. The van der Waals surface area contributed by atoms with Crippen molar-refractivity contribution >= 4 is 28.9 Å². The Hall–Kier alpha value is -2.24.